The van der Waals surface area contributed by atoms with Crippen LogP contribution in [0.5, 0.6) is 5.75 Å². The van der Waals surface area contributed by atoms with Crippen molar-refractivity contribution in [2.24, 2.45) is 0 Å². The van der Waals surface area contributed by atoms with E-state index < -0.39 is 5.82 Å². The lowest BCUT2D eigenvalue weighted by Crippen LogP contribution is -2.06. The van der Waals surface area contributed by atoms with Gasteiger partial charge in [0.25, 0.3) is 0 Å². The van der Waals surface area contributed by atoms with Gasteiger partial charge in [0.1, 0.15) is 11.6 Å². The van der Waals surface area contributed by atoms with Gasteiger partial charge in [-0.25, -0.2) is 4.39 Å². The molecule has 0 heterocycles. The second kappa shape index (κ2) is 5.81. The molecule has 2 aromatic rings. The summed E-state index contributed by atoms with van der Waals surface area (Å²) in [7, 11) is 1.45. The molecule has 0 amide bonds. The molecule has 0 unspecified atom stereocenters. The Bertz CT molecular complexity index is 691. The highest BCUT2D eigenvalue weighted by Crippen LogP contribution is 2.30. The highest BCUT2D eigenvalue weighted by Gasteiger charge is 2.19. The van der Waals surface area contributed by atoms with Crippen LogP contribution in [0.2, 0.25) is 5.02 Å². The highest BCUT2D eigenvalue weighted by atomic mass is 79.9. The zero-order valence-corrected chi connectivity index (χ0v) is 12.8. The number of nitrogen functional groups attached to an aromatic ring is 1. The molecule has 3 nitrogen and oxygen atoms in total. The maximum Gasteiger partial charge on any atom is 0.198 e. The maximum atomic E-state index is 13.3. The smallest absolute Gasteiger partial charge is 0.198 e. The van der Waals surface area contributed by atoms with Crippen LogP contribution in [0.1, 0.15) is 15.9 Å². The van der Waals surface area contributed by atoms with Crippen LogP contribution in [-0.4, -0.2) is 12.9 Å². The fraction of sp³-hybridized carbons (Fsp3) is 0.0714. The topological polar surface area (TPSA) is 52.3 Å². The predicted molar refractivity (Wildman–Crippen MR) is 79.9 cm³/mol. The average Bonchev–Trinajstić information content (AvgIpc) is 2.42. The first-order valence-corrected chi connectivity index (χ1v) is 6.74. The number of carbonyl (C=O) groups is 1. The molecule has 0 radical (unpaired) electrons. The maximum absolute atomic E-state index is 13.3. The Morgan fingerprint density at radius 2 is 2.00 bits per heavy atom. The second-order valence-corrected chi connectivity index (χ2v) is 5.32. The first kappa shape index (κ1) is 14.8. The lowest BCUT2D eigenvalue weighted by atomic mass is 10.0. The summed E-state index contributed by atoms with van der Waals surface area (Å²) >= 11 is 9.05. The van der Waals surface area contributed by atoms with Gasteiger partial charge in [0.2, 0.25) is 0 Å². The molecular weight excluding hydrogens is 349 g/mol. The zero-order valence-electron chi connectivity index (χ0n) is 10.4. The van der Waals surface area contributed by atoms with E-state index in [1.165, 1.54) is 19.2 Å². The molecule has 20 heavy (non-hydrogen) atoms. The number of methoxy groups -OCH3 is 1. The highest BCUT2D eigenvalue weighted by molar-refractivity contribution is 9.10. The number of hydrogen-bond acceptors (Lipinski definition) is 3. The van der Waals surface area contributed by atoms with E-state index in [-0.39, 0.29) is 22.6 Å². The van der Waals surface area contributed by atoms with E-state index in [0.717, 1.165) is 6.07 Å². The van der Waals surface area contributed by atoms with Crippen molar-refractivity contribution in [1.82, 2.24) is 0 Å². The normalized spacial score (nSPS) is 10.4. The molecule has 2 aromatic carbocycles. The van der Waals surface area contributed by atoms with Gasteiger partial charge in [0, 0.05) is 15.1 Å². The van der Waals surface area contributed by atoms with Crippen LogP contribution in [0.25, 0.3) is 0 Å². The Kier molecular flexibility index (Phi) is 4.30. The van der Waals surface area contributed by atoms with Gasteiger partial charge in [0.05, 0.1) is 18.4 Å². The van der Waals surface area contributed by atoms with Crippen molar-refractivity contribution in [2.45, 2.75) is 0 Å². The summed E-state index contributed by atoms with van der Waals surface area (Å²) in [6, 6.07) is 7.14. The summed E-state index contributed by atoms with van der Waals surface area (Å²) in [6.07, 6.45) is 0. The Morgan fingerprint density at radius 1 is 1.30 bits per heavy atom. The fourth-order valence-electron chi connectivity index (χ4n) is 1.74. The summed E-state index contributed by atoms with van der Waals surface area (Å²) in [5.74, 6) is -0.566. The average molecular weight is 359 g/mol. The first-order chi connectivity index (χ1) is 9.43. The minimum absolute atomic E-state index is 0.0995. The van der Waals surface area contributed by atoms with Gasteiger partial charge in [-0.2, -0.15) is 0 Å². The number of rotatable bonds is 3. The molecule has 0 atom stereocenters. The molecule has 0 fully saturated rings. The number of anilines is 1. The van der Waals surface area contributed by atoms with Crippen LogP contribution >= 0.6 is 27.5 Å². The fourth-order valence-corrected chi connectivity index (χ4v) is 2.41. The SMILES string of the molecule is COc1ccc(Cl)cc1C(=O)c1cc(N)c(F)cc1Br. The van der Waals surface area contributed by atoms with Crippen molar-refractivity contribution in [3.8, 4) is 5.75 Å². The molecule has 0 aliphatic rings. The summed E-state index contributed by atoms with van der Waals surface area (Å²) < 4.78 is 18.8. The number of ketones is 1. The number of nitrogens with two attached hydrogens (primary N) is 1. The molecule has 0 saturated carbocycles. The predicted octanol–water partition coefficient (Wildman–Crippen LogP) is 4.06. The van der Waals surface area contributed by atoms with Gasteiger partial charge in [-0.15, -0.1) is 0 Å². The Labute approximate surface area is 128 Å². The van der Waals surface area contributed by atoms with E-state index in [2.05, 4.69) is 15.9 Å². The van der Waals surface area contributed by atoms with Crippen molar-refractivity contribution in [1.29, 1.82) is 0 Å². The Morgan fingerprint density at radius 3 is 2.65 bits per heavy atom. The molecule has 0 saturated heterocycles. The van der Waals surface area contributed by atoms with Gasteiger partial charge < -0.3 is 10.5 Å². The molecule has 2 N–H and O–H groups in total. The number of carbonyl (C=O) groups excluding carboxylic acids is 1. The molecular formula is C14H10BrClFNO2. The summed E-state index contributed by atoms with van der Waals surface area (Å²) in [5, 5.41) is 0.403. The molecule has 0 aliphatic heterocycles. The molecule has 6 heteroatoms. The first-order valence-electron chi connectivity index (χ1n) is 5.56. The summed E-state index contributed by atoms with van der Waals surface area (Å²) in [4.78, 5) is 12.5. The summed E-state index contributed by atoms with van der Waals surface area (Å²) in [5.41, 5.74) is 5.93. The lowest BCUT2D eigenvalue weighted by Gasteiger charge is -2.10. The third kappa shape index (κ3) is 2.78. The summed E-state index contributed by atoms with van der Waals surface area (Å²) in [6.45, 7) is 0. The van der Waals surface area contributed by atoms with Crippen molar-refractivity contribution in [3.63, 3.8) is 0 Å². The molecule has 0 aliphatic carbocycles. The number of hydrogen-bond donors (Lipinski definition) is 1. The third-order valence-electron chi connectivity index (χ3n) is 2.74. The molecule has 0 bridgehead atoms. The monoisotopic (exact) mass is 357 g/mol. The number of ether oxygens (including phenoxy) is 1. The molecule has 2 rings (SSSR count). The van der Waals surface area contributed by atoms with E-state index in [1.54, 1.807) is 12.1 Å². The van der Waals surface area contributed by atoms with Crippen molar-refractivity contribution >= 4 is 39.0 Å². The van der Waals surface area contributed by atoms with Gasteiger partial charge in [-0.05, 0) is 46.3 Å². The molecule has 104 valence electrons. The van der Waals surface area contributed by atoms with Crippen LogP contribution in [0.4, 0.5) is 10.1 Å². The van der Waals surface area contributed by atoms with Crippen LogP contribution in [0.3, 0.4) is 0 Å². The van der Waals surface area contributed by atoms with Gasteiger partial charge in [-0.3, -0.25) is 4.79 Å². The van der Waals surface area contributed by atoms with Crippen LogP contribution < -0.4 is 10.5 Å². The van der Waals surface area contributed by atoms with Crippen LogP contribution in [0, 0.1) is 5.82 Å². The second-order valence-electron chi connectivity index (χ2n) is 4.03. The Balaban J connectivity index is 2.57. The van der Waals surface area contributed by atoms with Gasteiger partial charge >= 0.3 is 0 Å². The van der Waals surface area contributed by atoms with Crippen LogP contribution in [-0.2, 0) is 0 Å². The Hall–Kier alpha value is -1.59. The van der Waals surface area contributed by atoms with Gasteiger partial charge in [0.15, 0.2) is 5.78 Å². The van der Waals surface area contributed by atoms with Crippen molar-refractivity contribution < 1.29 is 13.9 Å². The standard InChI is InChI=1S/C14H10BrClFNO2/c1-20-13-3-2-7(16)4-9(13)14(19)8-5-12(18)11(17)6-10(8)15/h2-6H,18H2,1H3. The van der Waals surface area contributed by atoms with Gasteiger partial charge in [-0.1, -0.05) is 11.6 Å². The van der Waals surface area contributed by atoms with E-state index >= 15 is 0 Å². The van der Waals surface area contributed by atoms with Crippen molar-refractivity contribution in [2.75, 3.05) is 12.8 Å². The van der Waals surface area contributed by atoms with E-state index in [0.29, 0.717) is 15.2 Å². The quantitative estimate of drug-likeness (QED) is 0.665. The number of benzene rings is 2. The largest absolute Gasteiger partial charge is 0.496 e. The molecule has 0 spiro atoms. The van der Waals surface area contributed by atoms with Crippen LogP contribution in [0.15, 0.2) is 34.8 Å². The number of halogens is 3. The third-order valence-corrected chi connectivity index (χ3v) is 3.63. The van der Waals surface area contributed by atoms with E-state index in [4.69, 9.17) is 22.1 Å². The van der Waals surface area contributed by atoms with E-state index in [9.17, 15) is 9.18 Å². The zero-order chi connectivity index (χ0) is 14.9. The minimum atomic E-state index is -0.591. The lowest BCUT2D eigenvalue weighted by molar-refractivity contribution is 0.103. The minimum Gasteiger partial charge on any atom is -0.496 e. The van der Waals surface area contributed by atoms with Crippen molar-refractivity contribution in [3.05, 3.63) is 56.8 Å². The van der Waals surface area contributed by atoms with E-state index in [1.807, 2.05) is 0 Å². The molecule has 0 aromatic heterocycles.